The summed E-state index contributed by atoms with van der Waals surface area (Å²) in [7, 11) is 3.48. The minimum absolute atomic E-state index is 0.0601. The number of nitro groups is 1. The fourth-order valence-electron chi connectivity index (χ4n) is 2.40. The predicted molar refractivity (Wildman–Crippen MR) is 85.6 cm³/mol. The molecule has 0 saturated carbocycles. The van der Waals surface area contributed by atoms with E-state index in [1.165, 1.54) is 12.1 Å². The average Bonchev–Trinajstić information content (AvgIpc) is 2.41. The highest BCUT2D eigenvalue weighted by Crippen LogP contribution is 2.38. The Morgan fingerprint density at radius 1 is 1.35 bits per heavy atom. The standard InChI is InChI=1S/C15H18N4O4/c1-15(2)8-11(13(18(3)4)17-14(16)20)10-7-9(19(21)22)5-6-12(10)23-15/h5-8H,1-4H3,(H2,16,20)/p+1. The first kappa shape index (κ1) is 16.5. The van der Waals surface area contributed by atoms with Crippen LogP contribution in [0.15, 0.2) is 24.3 Å². The number of hydrogen-bond donors (Lipinski definition) is 2. The van der Waals surface area contributed by atoms with Gasteiger partial charge in [0.15, 0.2) is 0 Å². The third-order valence-corrected chi connectivity index (χ3v) is 3.27. The Kier molecular flexibility index (Phi) is 4.09. The molecule has 122 valence electrons. The van der Waals surface area contributed by atoms with Gasteiger partial charge in [-0.05, 0) is 26.0 Å². The predicted octanol–water partition coefficient (Wildman–Crippen LogP) is 1.49. The Bertz CT molecular complexity index is 746. The molecule has 1 aliphatic heterocycles. The van der Waals surface area contributed by atoms with Crippen LogP contribution in [0.3, 0.4) is 0 Å². The zero-order valence-corrected chi connectivity index (χ0v) is 13.4. The number of nitrogens with one attached hydrogen (secondary N) is 1. The van der Waals surface area contributed by atoms with Gasteiger partial charge in [-0.25, -0.2) is 4.79 Å². The summed E-state index contributed by atoms with van der Waals surface area (Å²) >= 11 is 0. The maximum atomic E-state index is 11.3. The molecule has 2 amide bonds. The van der Waals surface area contributed by atoms with Crippen molar-refractivity contribution < 1.29 is 19.0 Å². The number of amides is 2. The minimum atomic E-state index is -0.717. The third kappa shape index (κ3) is 3.47. The number of carbonyl (C=O) groups is 1. The fraction of sp³-hybridized carbons (Fsp3) is 0.333. The van der Waals surface area contributed by atoms with Crippen LogP contribution in [0.4, 0.5) is 10.5 Å². The van der Waals surface area contributed by atoms with E-state index in [4.69, 9.17) is 10.5 Å². The Morgan fingerprint density at radius 3 is 2.52 bits per heavy atom. The summed E-state index contributed by atoms with van der Waals surface area (Å²) in [6, 6.07) is 3.64. The molecule has 1 aromatic carbocycles. The van der Waals surface area contributed by atoms with Crippen LogP contribution in [-0.2, 0) is 0 Å². The van der Waals surface area contributed by atoms with E-state index < -0.39 is 16.6 Å². The number of benzene rings is 1. The monoisotopic (exact) mass is 319 g/mol. The van der Waals surface area contributed by atoms with Crippen LogP contribution >= 0.6 is 0 Å². The van der Waals surface area contributed by atoms with Gasteiger partial charge in [0.1, 0.15) is 11.4 Å². The van der Waals surface area contributed by atoms with E-state index in [-0.39, 0.29) is 5.69 Å². The van der Waals surface area contributed by atoms with Crippen molar-refractivity contribution in [2.75, 3.05) is 14.1 Å². The highest BCUT2D eigenvalue weighted by Gasteiger charge is 2.33. The Hall–Kier alpha value is -2.90. The molecule has 0 fully saturated rings. The van der Waals surface area contributed by atoms with E-state index in [0.717, 1.165) is 0 Å². The first-order valence-corrected chi connectivity index (χ1v) is 6.92. The summed E-state index contributed by atoms with van der Waals surface area (Å²) < 4.78 is 7.53. The lowest BCUT2D eigenvalue weighted by Crippen LogP contribution is -2.42. The van der Waals surface area contributed by atoms with Crippen molar-refractivity contribution in [2.24, 2.45) is 5.73 Å². The first-order chi connectivity index (χ1) is 10.6. The number of nitrogens with zero attached hydrogens (tertiary/aromatic N) is 2. The first-order valence-electron chi connectivity index (χ1n) is 6.92. The van der Waals surface area contributed by atoms with Crippen LogP contribution < -0.4 is 15.8 Å². The second-order valence-corrected chi connectivity index (χ2v) is 5.93. The molecule has 1 aromatic rings. The molecule has 0 radical (unpaired) electrons. The average molecular weight is 319 g/mol. The van der Waals surface area contributed by atoms with Gasteiger partial charge in [-0.3, -0.25) is 14.7 Å². The van der Waals surface area contributed by atoms with Crippen LogP contribution in [0.5, 0.6) is 5.75 Å². The molecule has 1 aliphatic rings. The fourth-order valence-corrected chi connectivity index (χ4v) is 2.40. The smallest absolute Gasteiger partial charge is 0.404 e. The number of urea groups is 1. The van der Waals surface area contributed by atoms with E-state index in [1.807, 2.05) is 13.8 Å². The molecule has 8 heteroatoms. The van der Waals surface area contributed by atoms with Gasteiger partial charge >= 0.3 is 6.03 Å². The van der Waals surface area contributed by atoms with Gasteiger partial charge in [-0.1, -0.05) is 0 Å². The molecular weight excluding hydrogens is 300 g/mol. The molecule has 0 atom stereocenters. The van der Waals surface area contributed by atoms with Crippen LogP contribution in [0, 0.1) is 10.1 Å². The van der Waals surface area contributed by atoms with Gasteiger partial charge in [0.2, 0.25) is 0 Å². The number of non-ortho nitro benzene ring substituents is 1. The maximum Gasteiger partial charge on any atom is 0.404 e. The number of fused-ring (bicyclic) bond motifs is 1. The second kappa shape index (κ2) is 5.71. The number of nitro benzene ring substituents is 1. The zero-order valence-electron chi connectivity index (χ0n) is 13.4. The van der Waals surface area contributed by atoms with Gasteiger partial charge in [0.25, 0.3) is 11.5 Å². The summed E-state index contributed by atoms with van der Waals surface area (Å²) in [6.07, 6.45) is 1.80. The summed E-state index contributed by atoms with van der Waals surface area (Å²) in [6.45, 7) is 3.71. The van der Waals surface area contributed by atoms with Crippen LogP contribution in [0.25, 0.3) is 5.57 Å². The second-order valence-electron chi connectivity index (χ2n) is 5.93. The van der Waals surface area contributed by atoms with Crippen molar-refractivity contribution in [3.05, 3.63) is 40.0 Å². The molecule has 0 aliphatic carbocycles. The minimum Gasteiger partial charge on any atom is -0.483 e. The zero-order chi connectivity index (χ0) is 17.4. The summed E-state index contributed by atoms with van der Waals surface area (Å²) in [5, 5.41) is 13.6. The molecule has 0 bridgehead atoms. The molecule has 23 heavy (non-hydrogen) atoms. The van der Waals surface area contributed by atoms with Crippen molar-refractivity contribution in [1.82, 2.24) is 5.32 Å². The van der Waals surface area contributed by atoms with E-state index >= 15 is 0 Å². The SMILES string of the molecule is C[N+](C)=C(NC(N)=O)C1=CC(C)(C)Oc2ccc([N+](=O)[O-])cc21. The Balaban J connectivity index is 2.68. The Labute approximate surface area is 133 Å². The molecule has 0 spiro atoms. The lowest BCUT2D eigenvalue weighted by molar-refractivity contribution is -0.464. The maximum absolute atomic E-state index is 11.3. The number of rotatable bonds is 2. The van der Waals surface area contributed by atoms with Gasteiger partial charge in [-0.15, -0.1) is 0 Å². The third-order valence-electron chi connectivity index (χ3n) is 3.27. The van der Waals surface area contributed by atoms with Crippen LogP contribution in [0.2, 0.25) is 0 Å². The normalized spacial score (nSPS) is 14.9. The van der Waals surface area contributed by atoms with Gasteiger partial charge < -0.3 is 10.5 Å². The van der Waals surface area contributed by atoms with Crippen LogP contribution in [-0.4, -0.2) is 41.1 Å². The highest BCUT2D eigenvalue weighted by atomic mass is 16.6. The van der Waals surface area contributed by atoms with Gasteiger partial charge in [0, 0.05) is 17.7 Å². The number of amidine groups is 1. The van der Waals surface area contributed by atoms with E-state index in [9.17, 15) is 14.9 Å². The number of ether oxygens (including phenoxy) is 1. The molecule has 8 nitrogen and oxygen atoms in total. The molecule has 3 N–H and O–H groups in total. The summed E-state index contributed by atoms with van der Waals surface area (Å²) in [5.41, 5.74) is 5.68. The highest BCUT2D eigenvalue weighted by molar-refractivity contribution is 6.25. The van der Waals surface area contributed by atoms with Crippen molar-refractivity contribution in [2.45, 2.75) is 19.4 Å². The van der Waals surface area contributed by atoms with Crippen molar-refractivity contribution >= 4 is 23.1 Å². The van der Waals surface area contributed by atoms with Gasteiger partial charge in [-0.2, -0.15) is 5.32 Å². The van der Waals surface area contributed by atoms with Crippen molar-refractivity contribution in [3.8, 4) is 5.75 Å². The van der Waals surface area contributed by atoms with E-state index in [1.54, 1.807) is 30.8 Å². The van der Waals surface area contributed by atoms with E-state index in [2.05, 4.69) is 5.32 Å². The van der Waals surface area contributed by atoms with E-state index in [0.29, 0.717) is 22.7 Å². The quantitative estimate of drug-likeness (QED) is 0.283. The molecule has 2 rings (SSSR count). The number of nitrogens with two attached hydrogens (primary N) is 1. The number of carbonyl (C=O) groups excluding carboxylic acids is 1. The lowest BCUT2D eigenvalue weighted by atomic mass is 9.93. The summed E-state index contributed by atoms with van der Waals surface area (Å²) in [4.78, 5) is 21.9. The number of hydrogen-bond acceptors (Lipinski definition) is 4. The molecule has 0 unspecified atom stereocenters. The largest absolute Gasteiger partial charge is 0.483 e. The Morgan fingerprint density at radius 2 is 2.00 bits per heavy atom. The van der Waals surface area contributed by atoms with Crippen molar-refractivity contribution in [3.63, 3.8) is 0 Å². The van der Waals surface area contributed by atoms with Crippen molar-refractivity contribution in [1.29, 1.82) is 0 Å². The van der Waals surface area contributed by atoms with Gasteiger partial charge in [0.05, 0.1) is 24.6 Å². The molecular formula is C15H19N4O4+. The van der Waals surface area contributed by atoms with Crippen LogP contribution in [0.1, 0.15) is 19.4 Å². The lowest BCUT2D eigenvalue weighted by Gasteiger charge is -2.30. The summed E-state index contributed by atoms with van der Waals surface area (Å²) in [5.74, 6) is 0.944. The molecule has 0 saturated heterocycles. The number of primary amides is 1. The topological polar surface area (TPSA) is 110 Å². The molecule has 0 aromatic heterocycles. The molecule has 1 heterocycles.